The molecule has 3 fully saturated rings. The van der Waals surface area contributed by atoms with Crippen molar-refractivity contribution in [2.24, 2.45) is 0 Å². The fourth-order valence-electron chi connectivity index (χ4n) is 6.42. The molecule has 0 saturated carbocycles. The number of halogens is 3. The second-order valence-electron chi connectivity index (χ2n) is 13.1. The minimum Gasteiger partial charge on any atom is -0.453 e. The fraction of sp³-hybridized carbons (Fsp3) is 0.515. The number of alkyl halides is 3. The SMILES string of the molecule is C=CC(=O)N1CC(C(=O)N2CCN(Cc3cc4c(N5CCOCC5)nc(-c5cnc(NC(=O)OC)cc5C(F)(F)F)nn4c3)CC2)OCC1(C)C. The minimum absolute atomic E-state index is 0.151. The van der Waals surface area contributed by atoms with Gasteiger partial charge in [-0.15, -0.1) is 5.10 Å². The van der Waals surface area contributed by atoms with Crippen LogP contribution in [0.1, 0.15) is 25.0 Å². The monoisotopic (exact) mass is 715 g/mol. The maximum Gasteiger partial charge on any atom is 0.417 e. The van der Waals surface area contributed by atoms with Crippen molar-refractivity contribution in [3.63, 3.8) is 0 Å². The van der Waals surface area contributed by atoms with E-state index in [2.05, 4.69) is 36.6 Å². The van der Waals surface area contributed by atoms with Crippen LogP contribution in [0.15, 0.2) is 37.2 Å². The van der Waals surface area contributed by atoms with Crippen molar-refractivity contribution in [2.45, 2.75) is 38.2 Å². The van der Waals surface area contributed by atoms with Gasteiger partial charge in [0.25, 0.3) is 5.91 Å². The molecule has 6 rings (SSSR count). The number of fused-ring (bicyclic) bond motifs is 1. The molecule has 1 N–H and O–H groups in total. The lowest BCUT2D eigenvalue weighted by molar-refractivity contribution is -0.165. The van der Waals surface area contributed by atoms with Crippen molar-refractivity contribution >= 4 is 35.1 Å². The van der Waals surface area contributed by atoms with E-state index in [1.54, 1.807) is 16.0 Å². The first-order valence-electron chi connectivity index (χ1n) is 16.5. The molecule has 0 spiro atoms. The molecule has 51 heavy (non-hydrogen) atoms. The Hall–Kier alpha value is -4.81. The van der Waals surface area contributed by atoms with Gasteiger partial charge in [0, 0.05) is 58.2 Å². The number of pyridine rings is 1. The first kappa shape index (κ1) is 36.0. The van der Waals surface area contributed by atoms with E-state index in [4.69, 9.17) is 9.47 Å². The van der Waals surface area contributed by atoms with Crippen LogP contribution in [0.3, 0.4) is 0 Å². The van der Waals surface area contributed by atoms with E-state index in [0.717, 1.165) is 24.9 Å². The third kappa shape index (κ3) is 7.77. The molecule has 3 aromatic rings. The molecule has 1 atom stereocenters. The van der Waals surface area contributed by atoms with E-state index in [9.17, 15) is 27.6 Å². The number of methoxy groups -OCH3 is 1. The molecule has 1 unspecified atom stereocenters. The van der Waals surface area contributed by atoms with Crippen molar-refractivity contribution in [1.29, 1.82) is 0 Å². The summed E-state index contributed by atoms with van der Waals surface area (Å²) in [5.41, 5.74) is -0.504. The van der Waals surface area contributed by atoms with Crippen molar-refractivity contribution in [3.05, 3.63) is 48.3 Å². The Bertz CT molecular complexity index is 1800. The molecule has 3 aromatic heterocycles. The lowest BCUT2D eigenvalue weighted by Crippen LogP contribution is -2.62. The number of carbonyl (C=O) groups is 3. The molecule has 3 aliphatic heterocycles. The summed E-state index contributed by atoms with van der Waals surface area (Å²) in [6, 6.07) is 2.64. The summed E-state index contributed by atoms with van der Waals surface area (Å²) in [6.07, 6.45) is -2.54. The van der Waals surface area contributed by atoms with Crippen LogP contribution >= 0.6 is 0 Å². The van der Waals surface area contributed by atoms with Crippen LogP contribution in [-0.2, 0) is 36.5 Å². The van der Waals surface area contributed by atoms with Crippen LogP contribution < -0.4 is 10.2 Å². The van der Waals surface area contributed by atoms with Crippen LogP contribution in [0.4, 0.5) is 29.6 Å². The van der Waals surface area contributed by atoms with E-state index in [0.29, 0.717) is 70.4 Å². The van der Waals surface area contributed by atoms with Crippen LogP contribution in [0.5, 0.6) is 0 Å². The number of hydrogen-bond donors (Lipinski definition) is 1. The molecule has 3 aliphatic rings. The highest BCUT2D eigenvalue weighted by Crippen LogP contribution is 2.38. The number of rotatable bonds is 7. The third-order valence-electron chi connectivity index (χ3n) is 9.20. The van der Waals surface area contributed by atoms with Gasteiger partial charge in [0.05, 0.1) is 50.1 Å². The zero-order valence-electron chi connectivity index (χ0n) is 28.6. The summed E-state index contributed by atoms with van der Waals surface area (Å²) in [7, 11) is 1.09. The number of amides is 3. The lowest BCUT2D eigenvalue weighted by atomic mass is 10.00. The van der Waals surface area contributed by atoms with Crippen LogP contribution in [-0.4, -0.2) is 137 Å². The number of aromatic nitrogens is 4. The molecule has 274 valence electrons. The van der Waals surface area contributed by atoms with Gasteiger partial charge in [0.15, 0.2) is 17.7 Å². The van der Waals surface area contributed by atoms with Gasteiger partial charge in [-0.2, -0.15) is 13.2 Å². The maximum absolute atomic E-state index is 14.3. The second-order valence-corrected chi connectivity index (χ2v) is 13.1. The number of nitrogens with zero attached hydrogens (tertiary/aromatic N) is 8. The molecule has 6 heterocycles. The third-order valence-corrected chi connectivity index (χ3v) is 9.20. The summed E-state index contributed by atoms with van der Waals surface area (Å²) in [5.74, 6) is -0.486. The summed E-state index contributed by atoms with van der Waals surface area (Å²) in [4.78, 5) is 53.6. The van der Waals surface area contributed by atoms with Gasteiger partial charge in [-0.1, -0.05) is 6.58 Å². The number of carbonyl (C=O) groups excluding carboxylic acids is 3. The van der Waals surface area contributed by atoms with Crippen molar-refractivity contribution in [1.82, 2.24) is 34.3 Å². The molecule has 0 aliphatic carbocycles. The highest BCUT2D eigenvalue weighted by molar-refractivity contribution is 5.89. The largest absolute Gasteiger partial charge is 0.453 e. The molecule has 0 aromatic carbocycles. The Labute approximate surface area is 291 Å². The van der Waals surface area contributed by atoms with E-state index >= 15 is 0 Å². The lowest BCUT2D eigenvalue weighted by Gasteiger charge is -2.45. The van der Waals surface area contributed by atoms with Gasteiger partial charge in [0.1, 0.15) is 11.3 Å². The van der Waals surface area contributed by atoms with Gasteiger partial charge in [-0.25, -0.2) is 19.3 Å². The number of morpholine rings is 2. The number of hydrogen-bond acceptors (Lipinski definition) is 11. The van der Waals surface area contributed by atoms with Gasteiger partial charge < -0.3 is 28.9 Å². The van der Waals surface area contributed by atoms with Crippen LogP contribution in [0.2, 0.25) is 0 Å². The predicted molar refractivity (Wildman–Crippen MR) is 178 cm³/mol. The summed E-state index contributed by atoms with van der Waals surface area (Å²) in [5, 5.41) is 6.66. The van der Waals surface area contributed by atoms with Gasteiger partial charge >= 0.3 is 12.3 Å². The Morgan fingerprint density at radius 3 is 2.51 bits per heavy atom. The van der Waals surface area contributed by atoms with Crippen molar-refractivity contribution in [2.75, 3.05) is 83.0 Å². The Balaban J connectivity index is 1.21. The number of anilines is 2. The molecule has 0 radical (unpaired) electrons. The molecule has 0 bridgehead atoms. The quantitative estimate of drug-likeness (QED) is 0.361. The second kappa shape index (κ2) is 14.4. The van der Waals surface area contributed by atoms with Crippen molar-refractivity contribution < 1.29 is 41.8 Å². The summed E-state index contributed by atoms with van der Waals surface area (Å²) < 4.78 is 60.4. The van der Waals surface area contributed by atoms with Crippen molar-refractivity contribution in [3.8, 4) is 11.4 Å². The smallest absolute Gasteiger partial charge is 0.417 e. The first-order chi connectivity index (χ1) is 24.3. The molecular formula is C33H40F3N9O6. The van der Waals surface area contributed by atoms with Gasteiger partial charge in [-0.05, 0) is 37.6 Å². The molecule has 3 amide bonds. The standard InChI is InChI=1S/C33H40F3N9O6/c1-5-27(46)44-19-25(51-20-32(44,2)3)30(47)43-8-6-41(7-9-43)17-21-14-24-29(42-10-12-50-13-11-42)39-28(40-45(24)18-21)22-16-37-26(38-31(48)49-4)15-23(22)33(34,35)36/h5,14-16,18,25H,1,6-13,17,19-20H2,2-4H3,(H,37,38,48). The summed E-state index contributed by atoms with van der Waals surface area (Å²) >= 11 is 0. The average Bonchev–Trinajstić information content (AvgIpc) is 3.53. The number of ether oxygens (including phenoxy) is 3. The number of nitrogens with one attached hydrogen (secondary N) is 1. The van der Waals surface area contributed by atoms with Gasteiger partial charge in [0.2, 0.25) is 5.91 Å². The zero-order chi connectivity index (χ0) is 36.5. The van der Waals surface area contributed by atoms with E-state index < -0.39 is 29.5 Å². The molecule has 18 heteroatoms. The normalized spacial score (nSPS) is 20.0. The van der Waals surface area contributed by atoms with E-state index in [1.807, 2.05) is 24.8 Å². The Morgan fingerprint density at radius 2 is 1.84 bits per heavy atom. The fourth-order valence-corrected chi connectivity index (χ4v) is 6.42. The molecule has 3 saturated heterocycles. The maximum atomic E-state index is 14.3. The molecular weight excluding hydrogens is 675 g/mol. The minimum atomic E-state index is -4.81. The first-order valence-corrected chi connectivity index (χ1v) is 16.5. The zero-order valence-corrected chi connectivity index (χ0v) is 28.6. The highest BCUT2D eigenvalue weighted by Gasteiger charge is 2.41. The number of piperazine rings is 1. The average molecular weight is 716 g/mol. The van der Waals surface area contributed by atoms with Crippen LogP contribution in [0.25, 0.3) is 16.9 Å². The molecule has 15 nitrogen and oxygen atoms in total. The van der Waals surface area contributed by atoms with Gasteiger partial charge in [-0.3, -0.25) is 19.8 Å². The van der Waals surface area contributed by atoms with E-state index in [-0.39, 0.29) is 42.2 Å². The summed E-state index contributed by atoms with van der Waals surface area (Å²) in [6.45, 7) is 12.1. The predicted octanol–water partition coefficient (Wildman–Crippen LogP) is 2.66. The Morgan fingerprint density at radius 1 is 1.12 bits per heavy atom. The topological polar surface area (TPSA) is 147 Å². The van der Waals surface area contributed by atoms with E-state index in [1.165, 1.54) is 10.6 Å². The highest BCUT2D eigenvalue weighted by atomic mass is 19.4. The van der Waals surface area contributed by atoms with Crippen LogP contribution in [0, 0.1) is 0 Å². The Kier molecular flexibility index (Phi) is 10.2.